The van der Waals surface area contributed by atoms with Crippen LogP contribution in [0.4, 0.5) is 13.2 Å². The van der Waals surface area contributed by atoms with Crippen LogP contribution in [0.15, 0.2) is 60.7 Å². The van der Waals surface area contributed by atoms with Crippen molar-refractivity contribution in [1.82, 2.24) is 0 Å². The Morgan fingerprint density at radius 3 is 1.71 bits per heavy atom. The Kier molecular flexibility index (Phi) is 12.0. The summed E-state index contributed by atoms with van der Waals surface area (Å²) in [5.41, 5.74) is -1.70. The van der Waals surface area contributed by atoms with Crippen molar-refractivity contribution in [2.45, 2.75) is 58.0 Å². The highest BCUT2D eigenvalue weighted by atomic mass is 31.0. The average Bonchev–Trinajstić information content (AvgIpc) is 2.83. The molecule has 0 heterocycles. The highest BCUT2D eigenvalue weighted by molar-refractivity contribution is 7.17. The van der Waals surface area contributed by atoms with Crippen LogP contribution in [0.2, 0.25) is 0 Å². The zero-order chi connectivity index (χ0) is 28.3. The highest BCUT2D eigenvalue weighted by Crippen LogP contribution is 2.39. The molecule has 0 fully saturated rings. The van der Waals surface area contributed by atoms with E-state index in [0.717, 1.165) is 24.1 Å². The molecule has 0 bridgehead atoms. The molecule has 0 N–H and O–H groups in total. The van der Waals surface area contributed by atoms with Crippen molar-refractivity contribution < 1.29 is 37.0 Å². The summed E-state index contributed by atoms with van der Waals surface area (Å²) >= 11 is 0. The number of carbonyl (C=O) groups is 2. The Labute approximate surface area is 224 Å². The lowest BCUT2D eigenvalue weighted by Gasteiger charge is -2.24. The molecule has 0 radical (unpaired) electrons. The van der Waals surface area contributed by atoms with E-state index in [1.807, 2.05) is 0 Å². The smallest absolute Gasteiger partial charge is 0.333 e. The lowest BCUT2D eigenvalue weighted by atomic mass is 10.0. The fourth-order valence-electron chi connectivity index (χ4n) is 3.48. The molecule has 2 unspecified atom stereocenters. The van der Waals surface area contributed by atoms with E-state index in [-0.39, 0.29) is 12.4 Å². The number of hydrogen-bond donors (Lipinski definition) is 0. The molecule has 0 amide bonds. The zero-order valence-electron chi connectivity index (χ0n) is 21.8. The standard InChI is InChI=1S/C29H34F3O5P/c1-19(2)27(33)35-15-7-5-9-21-11-13-23(14-12-21)37-29(32,38)26-24(30)17-22(18-25(26)31)10-6-8-16-36-28(34)20(3)4/h11-14,17-18H,1,3,5-10,15-16,38H2,2,4H3. The van der Waals surface area contributed by atoms with Crippen molar-refractivity contribution >= 4 is 21.2 Å². The van der Waals surface area contributed by atoms with Crippen LogP contribution in [0.1, 0.15) is 56.2 Å². The second-order valence-corrected chi connectivity index (χ2v) is 9.81. The molecule has 2 rings (SSSR count). The summed E-state index contributed by atoms with van der Waals surface area (Å²) in [5, 5.41) is 0. The minimum atomic E-state index is -2.82. The summed E-state index contributed by atoms with van der Waals surface area (Å²) in [6.07, 6.45) is 3.49. The first-order chi connectivity index (χ1) is 17.9. The van der Waals surface area contributed by atoms with Crippen LogP contribution < -0.4 is 4.74 Å². The molecule has 0 aliphatic heterocycles. The first kappa shape index (κ1) is 31.1. The van der Waals surface area contributed by atoms with Gasteiger partial charge in [-0.2, -0.15) is 4.39 Å². The van der Waals surface area contributed by atoms with E-state index in [0.29, 0.717) is 55.4 Å². The summed E-state index contributed by atoms with van der Waals surface area (Å²) in [7, 11) is 1.73. The van der Waals surface area contributed by atoms with Gasteiger partial charge < -0.3 is 14.2 Å². The van der Waals surface area contributed by atoms with Gasteiger partial charge >= 0.3 is 11.9 Å². The monoisotopic (exact) mass is 550 g/mol. The fraction of sp³-hybridized carbons (Fsp3) is 0.379. The summed E-state index contributed by atoms with van der Waals surface area (Å²) in [6, 6.07) is 8.69. The van der Waals surface area contributed by atoms with E-state index in [9.17, 15) is 18.4 Å². The van der Waals surface area contributed by atoms with Crippen molar-refractivity contribution in [2.75, 3.05) is 13.2 Å². The topological polar surface area (TPSA) is 61.8 Å². The Balaban J connectivity index is 1.89. The number of carbonyl (C=O) groups excluding carboxylic acids is 2. The molecule has 2 aromatic rings. The third kappa shape index (κ3) is 9.97. The summed E-state index contributed by atoms with van der Waals surface area (Å²) in [4.78, 5) is 22.7. The van der Waals surface area contributed by atoms with Crippen molar-refractivity contribution in [3.63, 3.8) is 0 Å². The van der Waals surface area contributed by atoms with Crippen LogP contribution in [-0.2, 0) is 37.5 Å². The van der Waals surface area contributed by atoms with Crippen LogP contribution in [0.25, 0.3) is 0 Å². The van der Waals surface area contributed by atoms with Crippen LogP contribution in [0.5, 0.6) is 5.75 Å². The van der Waals surface area contributed by atoms with E-state index in [2.05, 4.69) is 13.2 Å². The van der Waals surface area contributed by atoms with Crippen LogP contribution in [0.3, 0.4) is 0 Å². The number of aryl methyl sites for hydroxylation is 2. The second-order valence-electron chi connectivity index (χ2n) is 9.07. The number of unbranched alkanes of at least 4 members (excludes halogenated alkanes) is 2. The molecule has 0 saturated heterocycles. The predicted octanol–water partition coefficient (Wildman–Crippen LogP) is 6.88. The highest BCUT2D eigenvalue weighted by Gasteiger charge is 2.35. The van der Waals surface area contributed by atoms with Crippen LogP contribution >= 0.6 is 9.24 Å². The number of alkyl halides is 1. The molecule has 0 aliphatic rings. The van der Waals surface area contributed by atoms with Crippen molar-refractivity contribution in [3.8, 4) is 5.75 Å². The molecule has 0 aromatic heterocycles. The van der Waals surface area contributed by atoms with Gasteiger partial charge in [-0.3, -0.25) is 0 Å². The minimum absolute atomic E-state index is 0.105. The van der Waals surface area contributed by atoms with Crippen molar-refractivity contribution in [1.29, 1.82) is 0 Å². The second kappa shape index (κ2) is 14.7. The van der Waals surface area contributed by atoms with Gasteiger partial charge in [0.15, 0.2) is 0 Å². The number of esters is 2. The van der Waals surface area contributed by atoms with Crippen molar-refractivity contribution in [3.05, 3.63) is 89.0 Å². The average molecular weight is 551 g/mol. The lowest BCUT2D eigenvalue weighted by molar-refractivity contribution is -0.139. The summed E-state index contributed by atoms with van der Waals surface area (Å²) in [5.74, 6) is -2.92. The van der Waals surface area contributed by atoms with Gasteiger partial charge in [-0.1, -0.05) is 25.3 Å². The molecular weight excluding hydrogens is 516 g/mol. The zero-order valence-corrected chi connectivity index (χ0v) is 22.9. The third-order valence-electron chi connectivity index (χ3n) is 5.52. The first-order valence-electron chi connectivity index (χ1n) is 12.3. The Morgan fingerprint density at radius 2 is 1.26 bits per heavy atom. The maximum atomic E-state index is 15.3. The first-order valence-corrected chi connectivity index (χ1v) is 12.9. The Bertz CT molecular complexity index is 1120. The van der Waals surface area contributed by atoms with Gasteiger partial charge in [-0.05, 0) is 97.0 Å². The van der Waals surface area contributed by atoms with Gasteiger partial charge in [0.2, 0.25) is 0 Å². The number of halogens is 3. The van der Waals surface area contributed by atoms with Gasteiger partial charge in [0.25, 0.3) is 5.60 Å². The third-order valence-corrected chi connectivity index (χ3v) is 5.92. The summed E-state index contributed by atoms with van der Waals surface area (Å²) < 4.78 is 60.1. The molecule has 0 saturated carbocycles. The van der Waals surface area contributed by atoms with E-state index >= 15 is 4.39 Å². The Hall–Kier alpha value is -3.12. The number of hydrogen-bond acceptors (Lipinski definition) is 5. The maximum absolute atomic E-state index is 15.3. The molecule has 206 valence electrons. The van der Waals surface area contributed by atoms with Gasteiger partial charge in [0.1, 0.15) is 22.9 Å². The van der Waals surface area contributed by atoms with E-state index in [1.54, 1.807) is 35.2 Å². The van der Waals surface area contributed by atoms with E-state index in [1.165, 1.54) is 12.1 Å². The minimum Gasteiger partial charge on any atom is -0.462 e. The van der Waals surface area contributed by atoms with Gasteiger partial charge in [-0.25, -0.2) is 18.4 Å². The molecule has 38 heavy (non-hydrogen) atoms. The molecule has 5 nitrogen and oxygen atoms in total. The number of benzene rings is 2. The summed E-state index contributed by atoms with van der Waals surface area (Å²) in [6.45, 7) is 10.6. The van der Waals surface area contributed by atoms with E-state index in [4.69, 9.17) is 14.2 Å². The lowest BCUT2D eigenvalue weighted by Crippen LogP contribution is -2.23. The number of rotatable bonds is 15. The fourth-order valence-corrected chi connectivity index (χ4v) is 3.89. The van der Waals surface area contributed by atoms with Gasteiger partial charge in [-0.15, -0.1) is 0 Å². The molecule has 2 atom stereocenters. The normalized spacial score (nSPS) is 12.4. The molecule has 9 heteroatoms. The molecule has 0 aliphatic carbocycles. The number of ether oxygens (including phenoxy) is 3. The predicted molar refractivity (Wildman–Crippen MR) is 143 cm³/mol. The maximum Gasteiger partial charge on any atom is 0.333 e. The van der Waals surface area contributed by atoms with Gasteiger partial charge in [0, 0.05) is 11.1 Å². The molecular formula is C29H34F3O5P. The van der Waals surface area contributed by atoms with E-state index < -0.39 is 34.7 Å². The largest absolute Gasteiger partial charge is 0.462 e. The molecule has 2 aromatic carbocycles. The van der Waals surface area contributed by atoms with Crippen LogP contribution in [0, 0.1) is 11.6 Å². The van der Waals surface area contributed by atoms with Crippen molar-refractivity contribution in [2.24, 2.45) is 0 Å². The Morgan fingerprint density at radius 1 is 0.816 bits per heavy atom. The molecule has 0 spiro atoms. The van der Waals surface area contributed by atoms with Gasteiger partial charge in [0.05, 0.1) is 13.2 Å². The SMILES string of the molecule is C=C(C)C(=O)OCCCCc1ccc(OC(F)(P)c2c(F)cc(CCCCOC(=O)C(=C)C)cc2F)cc1. The van der Waals surface area contributed by atoms with Crippen LogP contribution in [-0.4, -0.2) is 25.2 Å². The quantitative estimate of drug-likeness (QED) is 0.105.